The Bertz CT molecular complexity index is 1040. The quantitative estimate of drug-likeness (QED) is 0.610. The van der Waals surface area contributed by atoms with Gasteiger partial charge < -0.3 is 10.2 Å². The minimum atomic E-state index is -3.68. The van der Waals surface area contributed by atoms with Crippen molar-refractivity contribution in [1.82, 2.24) is 9.29 Å². The van der Waals surface area contributed by atoms with Gasteiger partial charge in [-0.25, -0.2) is 13.4 Å². The van der Waals surface area contributed by atoms with Crippen LogP contribution in [0.5, 0.6) is 0 Å². The van der Waals surface area contributed by atoms with Gasteiger partial charge >= 0.3 is 0 Å². The van der Waals surface area contributed by atoms with Crippen LogP contribution in [0.15, 0.2) is 35.2 Å². The second-order valence-corrected chi connectivity index (χ2v) is 9.61. The van der Waals surface area contributed by atoms with Gasteiger partial charge in [0.15, 0.2) is 0 Å². The minimum Gasteiger partial charge on any atom is -0.370 e. The largest absolute Gasteiger partial charge is 0.370 e. The number of carbonyl (C=O) groups is 1. The summed E-state index contributed by atoms with van der Waals surface area (Å²) in [6.45, 7) is 5.96. The summed E-state index contributed by atoms with van der Waals surface area (Å²) in [5.41, 5.74) is 1.14. The molecule has 1 aromatic carbocycles. The zero-order valence-electron chi connectivity index (χ0n) is 16.9. The molecule has 2 heterocycles. The highest BCUT2D eigenvalue weighted by Gasteiger charge is 2.25. The second kappa shape index (κ2) is 9.51. The van der Waals surface area contributed by atoms with Gasteiger partial charge in [-0.2, -0.15) is 4.31 Å². The first-order chi connectivity index (χ1) is 14.3. The zero-order chi connectivity index (χ0) is 21.9. The number of aromatic nitrogens is 1. The molecule has 10 heteroatoms. The van der Waals surface area contributed by atoms with E-state index in [1.807, 2.05) is 0 Å². The summed E-state index contributed by atoms with van der Waals surface area (Å²) < 4.78 is 27.3. The molecule has 1 fully saturated rings. The number of carbonyl (C=O) groups excluding carboxylic acids is 1. The molecule has 1 aromatic heterocycles. The van der Waals surface area contributed by atoms with E-state index >= 15 is 0 Å². The Morgan fingerprint density at radius 1 is 1.13 bits per heavy atom. The van der Waals surface area contributed by atoms with Gasteiger partial charge in [0.2, 0.25) is 10.0 Å². The molecular formula is C20H24Cl2N4O3S. The molecule has 0 bridgehead atoms. The van der Waals surface area contributed by atoms with Gasteiger partial charge in [-0.3, -0.25) is 4.79 Å². The molecule has 30 heavy (non-hydrogen) atoms. The van der Waals surface area contributed by atoms with E-state index in [1.54, 1.807) is 26.0 Å². The predicted octanol–water partition coefficient (Wildman–Crippen LogP) is 4.27. The number of halogens is 2. The molecule has 162 valence electrons. The van der Waals surface area contributed by atoms with Crippen LogP contribution in [0.2, 0.25) is 10.2 Å². The Morgan fingerprint density at radius 2 is 1.80 bits per heavy atom. The third kappa shape index (κ3) is 4.72. The number of benzene rings is 1. The molecule has 0 radical (unpaired) electrons. The highest BCUT2D eigenvalue weighted by Crippen LogP contribution is 2.33. The van der Waals surface area contributed by atoms with E-state index in [-0.39, 0.29) is 20.8 Å². The Hall–Kier alpha value is -1.87. The number of anilines is 2. The van der Waals surface area contributed by atoms with Crippen LogP contribution in [0.4, 0.5) is 11.4 Å². The van der Waals surface area contributed by atoms with Crippen molar-refractivity contribution in [2.45, 2.75) is 31.6 Å². The molecule has 1 N–H and O–H groups in total. The van der Waals surface area contributed by atoms with Crippen molar-refractivity contribution in [2.75, 3.05) is 36.4 Å². The van der Waals surface area contributed by atoms with Crippen LogP contribution in [0.3, 0.4) is 0 Å². The first-order valence-electron chi connectivity index (χ1n) is 9.80. The van der Waals surface area contributed by atoms with E-state index in [2.05, 4.69) is 15.2 Å². The van der Waals surface area contributed by atoms with Gasteiger partial charge in [-0.05, 0) is 43.2 Å². The van der Waals surface area contributed by atoms with Crippen LogP contribution in [-0.4, -0.2) is 49.8 Å². The summed E-state index contributed by atoms with van der Waals surface area (Å²) in [5.74, 6) is -0.555. The predicted molar refractivity (Wildman–Crippen MR) is 120 cm³/mol. The average molecular weight is 471 g/mol. The van der Waals surface area contributed by atoms with Crippen LogP contribution in [0.25, 0.3) is 0 Å². The molecule has 0 atom stereocenters. The molecule has 0 spiro atoms. The summed E-state index contributed by atoms with van der Waals surface area (Å²) in [4.78, 5) is 19.1. The number of hydrogen-bond acceptors (Lipinski definition) is 5. The molecule has 1 aliphatic rings. The normalized spacial score (nSPS) is 14.4. The topological polar surface area (TPSA) is 82.6 Å². The van der Waals surface area contributed by atoms with E-state index in [4.69, 9.17) is 23.2 Å². The van der Waals surface area contributed by atoms with Crippen LogP contribution in [0.1, 0.15) is 37.2 Å². The van der Waals surface area contributed by atoms with Crippen molar-refractivity contribution in [3.63, 3.8) is 0 Å². The molecule has 0 aliphatic carbocycles. The summed E-state index contributed by atoms with van der Waals surface area (Å²) in [6.07, 6.45) is 2.07. The molecule has 3 rings (SSSR count). The molecule has 2 aromatic rings. The lowest BCUT2D eigenvalue weighted by Gasteiger charge is -2.24. The Kier molecular flexibility index (Phi) is 7.23. The second-order valence-electron chi connectivity index (χ2n) is 6.88. The SMILES string of the molecule is CCN(CC)S(=O)(=O)c1ccc(N2CCCC2)c(NC(=O)c2nc(Cl)ccc2Cl)c1. The van der Waals surface area contributed by atoms with E-state index in [1.165, 1.54) is 22.5 Å². The van der Waals surface area contributed by atoms with Crippen molar-refractivity contribution >= 4 is 50.5 Å². The van der Waals surface area contributed by atoms with E-state index < -0.39 is 15.9 Å². The lowest BCUT2D eigenvalue weighted by atomic mass is 10.2. The molecule has 7 nitrogen and oxygen atoms in total. The maximum Gasteiger partial charge on any atom is 0.275 e. The molecule has 0 unspecified atom stereocenters. The first-order valence-corrected chi connectivity index (χ1v) is 12.0. The fraction of sp³-hybridized carbons (Fsp3) is 0.400. The number of nitrogens with zero attached hydrogens (tertiary/aromatic N) is 3. The molecule has 0 saturated carbocycles. The lowest BCUT2D eigenvalue weighted by molar-refractivity contribution is 0.102. The van der Waals surface area contributed by atoms with Crippen molar-refractivity contribution in [3.8, 4) is 0 Å². The van der Waals surface area contributed by atoms with Crippen molar-refractivity contribution in [1.29, 1.82) is 0 Å². The lowest BCUT2D eigenvalue weighted by Crippen LogP contribution is -2.31. The summed E-state index contributed by atoms with van der Waals surface area (Å²) >= 11 is 12.0. The third-order valence-electron chi connectivity index (χ3n) is 5.03. The maximum absolute atomic E-state index is 13.0. The number of hydrogen-bond donors (Lipinski definition) is 1. The fourth-order valence-electron chi connectivity index (χ4n) is 3.48. The highest BCUT2D eigenvalue weighted by atomic mass is 35.5. The number of amides is 1. The van der Waals surface area contributed by atoms with Crippen LogP contribution in [0, 0.1) is 0 Å². The third-order valence-corrected chi connectivity index (χ3v) is 7.59. The number of pyridine rings is 1. The van der Waals surface area contributed by atoms with Crippen LogP contribution >= 0.6 is 23.2 Å². The summed E-state index contributed by atoms with van der Waals surface area (Å²) in [6, 6.07) is 7.81. The smallest absolute Gasteiger partial charge is 0.275 e. The minimum absolute atomic E-state index is 0.0199. The van der Waals surface area contributed by atoms with Crippen LogP contribution in [-0.2, 0) is 10.0 Å². The molecular weight excluding hydrogens is 447 g/mol. The first kappa shape index (κ1) is 22.8. The molecule has 1 amide bonds. The van der Waals surface area contributed by atoms with Crippen molar-refractivity contribution in [3.05, 3.63) is 46.2 Å². The fourth-order valence-corrected chi connectivity index (χ4v) is 5.30. The van der Waals surface area contributed by atoms with Gasteiger partial charge in [0.25, 0.3) is 5.91 Å². The van der Waals surface area contributed by atoms with Crippen molar-refractivity contribution < 1.29 is 13.2 Å². The standard InChI is InChI=1S/C20H24Cl2N4O3S/c1-3-26(4-2)30(28,29)14-7-9-17(25-11-5-6-12-25)16(13-14)23-20(27)19-15(21)8-10-18(22)24-19/h7-10,13H,3-6,11-12H2,1-2H3,(H,23,27). The number of sulfonamides is 1. The van der Waals surface area contributed by atoms with Crippen LogP contribution < -0.4 is 10.2 Å². The maximum atomic E-state index is 13.0. The Labute approximate surface area is 187 Å². The van der Waals surface area contributed by atoms with E-state index in [0.717, 1.165) is 31.6 Å². The van der Waals surface area contributed by atoms with Gasteiger partial charge in [-0.15, -0.1) is 0 Å². The summed E-state index contributed by atoms with van der Waals surface area (Å²) in [7, 11) is -3.68. The highest BCUT2D eigenvalue weighted by molar-refractivity contribution is 7.89. The average Bonchev–Trinajstić information content (AvgIpc) is 3.25. The Balaban J connectivity index is 2.03. The number of nitrogens with one attached hydrogen (secondary N) is 1. The van der Waals surface area contributed by atoms with Gasteiger partial charge in [0.05, 0.1) is 21.3 Å². The van der Waals surface area contributed by atoms with E-state index in [9.17, 15) is 13.2 Å². The van der Waals surface area contributed by atoms with Gasteiger partial charge in [-0.1, -0.05) is 37.0 Å². The zero-order valence-corrected chi connectivity index (χ0v) is 19.2. The van der Waals surface area contributed by atoms with Crippen molar-refractivity contribution in [2.24, 2.45) is 0 Å². The van der Waals surface area contributed by atoms with E-state index in [0.29, 0.717) is 18.8 Å². The Morgan fingerprint density at radius 3 is 2.43 bits per heavy atom. The summed E-state index contributed by atoms with van der Waals surface area (Å²) in [5, 5.41) is 3.09. The van der Waals surface area contributed by atoms with Gasteiger partial charge in [0.1, 0.15) is 10.8 Å². The monoisotopic (exact) mass is 470 g/mol. The number of rotatable bonds is 7. The molecule has 1 saturated heterocycles. The van der Waals surface area contributed by atoms with Gasteiger partial charge in [0, 0.05) is 26.2 Å². The molecule has 1 aliphatic heterocycles.